The molecule has 0 radical (unpaired) electrons. The Bertz CT molecular complexity index is 553. The molecule has 0 bridgehead atoms. The summed E-state index contributed by atoms with van der Waals surface area (Å²) in [5.41, 5.74) is 6.43. The molecule has 1 atom stereocenters. The minimum atomic E-state index is -0.689. The number of nitrogens with two attached hydrogens (primary N) is 1. The van der Waals surface area contributed by atoms with Crippen LogP contribution in [-0.2, 0) is 9.59 Å². The quantitative estimate of drug-likeness (QED) is 0.581. The molecule has 1 aliphatic rings. The van der Waals surface area contributed by atoms with Crippen molar-refractivity contribution in [1.82, 2.24) is 10.2 Å². The lowest BCUT2D eigenvalue weighted by molar-refractivity contribution is -0.138. The number of carbonyl (C=O) groups is 3. The second kappa shape index (κ2) is 5.00. The highest BCUT2D eigenvalue weighted by Gasteiger charge is 2.34. The number of benzene rings is 1. The average molecular weight is 326 g/mol. The van der Waals surface area contributed by atoms with Crippen molar-refractivity contribution in [3.05, 3.63) is 28.2 Å². The number of nitrogens with zero attached hydrogens (tertiary/aromatic N) is 1. The Morgan fingerprint density at radius 3 is 2.74 bits per heavy atom. The Kier molecular flexibility index (Phi) is 3.57. The number of hydrogen-bond donors (Lipinski definition) is 2. The van der Waals surface area contributed by atoms with E-state index in [9.17, 15) is 14.4 Å². The van der Waals surface area contributed by atoms with Crippen LogP contribution in [-0.4, -0.2) is 35.2 Å². The van der Waals surface area contributed by atoms with Gasteiger partial charge in [-0.25, -0.2) is 0 Å². The number of hydrogen-bond acceptors (Lipinski definition) is 4. The van der Waals surface area contributed by atoms with Crippen LogP contribution in [0.1, 0.15) is 17.3 Å². The van der Waals surface area contributed by atoms with Crippen LogP contribution in [0.4, 0.5) is 5.69 Å². The first-order valence-corrected chi connectivity index (χ1v) is 6.38. The lowest BCUT2D eigenvalue weighted by atomic mass is 10.1. The monoisotopic (exact) mass is 325 g/mol. The summed E-state index contributed by atoms with van der Waals surface area (Å²) in [5.74, 6) is -1.37. The molecule has 19 heavy (non-hydrogen) atoms. The van der Waals surface area contributed by atoms with Crippen LogP contribution < -0.4 is 11.1 Å². The van der Waals surface area contributed by atoms with Crippen LogP contribution in [0.3, 0.4) is 0 Å². The summed E-state index contributed by atoms with van der Waals surface area (Å²) in [6.07, 6.45) is 0. The molecule has 3 amide bonds. The second-order valence-corrected chi connectivity index (χ2v) is 5.21. The number of halogens is 1. The van der Waals surface area contributed by atoms with Gasteiger partial charge in [0.2, 0.25) is 11.8 Å². The molecule has 0 spiro atoms. The maximum atomic E-state index is 12.3. The van der Waals surface area contributed by atoms with E-state index < -0.39 is 23.8 Å². The zero-order valence-corrected chi connectivity index (χ0v) is 11.7. The van der Waals surface area contributed by atoms with Crippen molar-refractivity contribution in [3.8, 4) is 0 Å². The molecule has 1 aromatic rings. The van der Waals surface area contributed by atoms with E-state index in [-0.39, 0.29) is 6.54 Å². The smallest absolute Gasteiger partial charge is 0.255 e. The fraction of sp³-hybridized carbons (Fsp3) is 0.250. The summed E-state index contributed by atoms with van der Waals surface area (Å²) in [7, 11) is 0. The van der Waals surface area contributed by atoms with E-state index in [1.807, 2.05) is 0 Å². The van der Waals surface area contributed by atoms with Crippen LogP contribution in [0.2, 0.25) is 0 Å². The van der Waals surface area contributed by atoms with Gasteiger partial charge in [-0.05, 0) is 25.1 Å². The number of rotatable bonds is 1. The molecule has 1 unspecified atom stereocenters. The van der Waals surface area contributed by atoms with Crippen LogP contribution >= 0.6 is 15.9 Å². The summed E-state index contributed by atoms with van der Waals surface area (Å²) in [4.78, 5) is 36.4. The predicted octanol–water partition coefficient (Wildman–Crippen LogP) is 0.518. The zero-order valence-electron chi connectivity index (χ0n) is 10.1. The van der Waals surface area contributed by atoms with Crippen molar-refractivity contribution in [2.24, 2.45) is 0 Å². The van der Waals surface area contributed by atoms with Gasteiger partial charge in [0.25, 0.3) is 5.91 Å². The second-order valence-electron chi connectivity index (χ2n) is 4.29. The van der Waals surface area contributed by atoms with Crippen LogP contribution in [0, 0.1) is 0 Å². The van der Waals surface area contributed by atoms with Crippen LogP contribution in [0.15, 0.2) is 22.7 Å². The Labute approximate surface area is 118 Å². The van der Waals surface area contributed by atoms with Gasteiger partial charge in [-0.15, -0.1) is 0 Å². The lowest BCUT2D eigenvalue weighted by Crippen LogP contribution is -2.58. The first-order valence-electron chi connectivity index (χ1n) is 5.59. The number of nitrogens with one attached hydrogen (secondary N) is 1. The van der Waals surface area contributed by atoms with Gasteiger partial charge in [-0.2, -0.15) is 0 Å². The number of imide groups is 1. The average Bonchev–Trinajstić information content (AvgIpc) is 2.31. The molecular weight excluding hydrogens is 314 g/mol. The van der Waals surface area contributed by atoms with Crippen molar-refractivity contribution >= 4 is 39.3 Å². The van der Waals surface area contributed by atoms with E-state index in [0.717, 1.165) is 0 Å². The highest BCUT2D eigenvalue weighted by atomic mass is 79.9. The van der Waals surface area contributed by atoms with Crippen molar-refractivity contribution in [1.29, 1.82) is 0 Å². The maximum absolute atomic E-state index is 12.3. The number of anilines is 1. The molecule has 3 N–H and O–H groups in total. The number of piperazine rings is 1. The summed E-state index contributed by atoms with van der Waals surface area (Å²) in [5, 5.41) is 2.18. The van der Waals surface area contributed by atoms with Gasteiger partial charge in [-0.1, -0.05) is 15.9 Å². The predicted molar refractivity (Wildman–Crippen MR) is 72.2 cm³/mol. The van der Waals surface area contributed by atoms with Crippen LogP contribution in [0.5, 0.6) is 0 Å². The van der Waals surface area contributed by atoms with Gasteiger partial charge in [0.05, 0.1) is 0 Å². The van der Waals surface area contributed by atoms with Crippen molar-refractivity contribution < 1.29 is 14.4 Å². The molecule has 6 nitrogen and oxygen atoms in total. The molecule has 1 saturated heterocycles. The standard InChI is InChI=1S/C12H12BrN3O3/c1-6-11(18)15-10(17)5-16(6)12(19)7-2-8(13)4-9(14)3-7/h2-4,6H,5,14H2,1H3,(H,15,17,18). The fourth-order valence-corrected chi connectivity index (χ4v) is 2.37. The Balaban J connectivity index is 2.32. The van der Waals surface area contributed by atoms with Crippen molar-refractivity contribution in [3.63, 3.8) is 0 Å². The maximum Gasteiger partial charge on any atom is 0.255 e. The molecule has 1 aromatic carbocycles. The summed E-state index contributed by atoms with van der Waals surface area (Å²) in [6.45, 7) is 1.43. The van der Waals surface area contributed by atoms with E-state index in [2.05, 4.69) is 21.2 Å². The van der Waals surface area contributed by atoms with E-state index in [4.69, 9.17) is 5.73 Å². The van der Waals surface area contributed by atoms with Gasteiger partial charge in [0.1, 0.15) is 12.6 Å². The van der Waals surface area contributed by atoms with Gasteiger partial charge in [0.15, 0.2) is 0 Å². The molecule has 0 saturated carbocycles. The summed E-state index contributed by atoms with van der Waals surface area (Å²) in [6, 6.07) is 4.08. The molecule has 2 rings (SSSR count). The Hall–Kier alpha value is -1.89. The molecular formula is C12H12BrN3O3. The number of nitrogen functional groups attached to an aromatic ring is 1. The van der Waals surface area contributed by atoms with E-state index in [1.54, 1.807) is 19.1 Å². The lowest BCUT2D eigenvalue weighted by Gasteiger charge is -2.31. The first kappa shape index (κ1) is 13.5. The molecule has 0 aromatic heterocycles. The van der Waals surface area contributed by atoms with Gasteiger partial charge in [0, 0.05) is 15.7 Å². The highest BCUT2D eigenvalue weighted by molar-refractivity contribution is 9.10. The minimum Gasteiger partial charge on any atom is -0.399 e. The van der Waals surface area contributed by atoms with E-state index in [1.165, 1.54) is 11.0 Å². The molecule has 1 heterocycles. The molecule has 0 aliphatic carbocycles. The normalized spacial score (nSPS) is 19.3. The molecule has 1 aliphatic heterocycles. The summed E-state index contributed by atoms with van der Waals surface area (Å²) < 4.78 is 0.663. The SMILES string of the molecule is CC1C(=O)NC(=O)CN1C(=O)c1cc(N)cc(Br)c1. The topological polar surface area (TPSA) is 92.5 Å². The Morgan fingerprint density at radius 1 is 1.42 bits per heavy atom. The molecule has 1 fully saturated rings. The van der Waals surface area contributed by atoms with E-state index in [0.29, 0.717) is 15.7 Å². The van der Waals surface area contributed by atoms with E-state index >= 15 is 0 Å². The number of carbonyl (C=O) groups excluding carboxylic acids is 3. The largest absolute Gasteiger partial charge is 0.399 e. The van der Waals surface area contributed by atoms with Gasteiger partial charge < -0.3 is 10.6 Å². The van der Waals surface area contributed by atoms with Crippen molar-refractivity contribution in [2.75, 3.05) is 12.3 Å². The first-order chi connectivity index (χ1) is 8.88. The highest BCUT2D eigenvalue weighted by Crippen LogP contribution is 2.20. The fourth-order valence-electron chi connectivity index (χ4n) is 1.86. The van der Waals surface area contributed by atoms with Gasteiger partial charge >= 0.3 is 0 Å². The zero-order chi connectivity index (χ0) is 14.2. The van der Waals surface area contributed by atoms with Crippen LogP contribution in [0.25, 0.3) is 0 Å². The minimum absolute atomic E-state index is 0.141. The Morgan fingerprint density at radius 2 is 2.11 bits per heavy atom. The summed E-state index contributed by atoms with van der Waals surface area (Å²) >= 11 is 3.25. The molecule has 7 heteroatoms. The third-order valence-corrected chi connectivity index (χ3v) is 3.31. The third-order valence-electron chi connectivity index (χ3n) is 2.85. The van der Waals surface area contributed by atoms with Crippen molar-refractivity contribution in [2.45, 2.75) is 13.0 Å². The van der Waals surface area contributed by atoms with Gasteiger partial charge in [-0.3, -0.25) is 19.7 Å². The molecule has 100 valence electrons. The number of amides is 3. The third kappa shape index (κ3) is 2.76.